The van der Waals surface area contributed by atoms with Crippen LogP contribution in [0.15, 0.2) is 65.5 Å². The smallest absolute Gasteiger partial charge is 0.288 e. The fourth-order valence-electron chi connectivity index (χ4n) is 3.22. The number of anilines is 2. The van der Waals surface area contributed by atoms with Crippen LogP contribution in [0.5, 0.6) is 0 Å². The average molecular weight is 336 g/mol. The number of amides is 1. The van der Waals surface area contributed by atoms with Crippen molar-refractivity contribution in [1.29, 1.82) is 0 Å². The Morgan fingerprint density at radius 3 is 2.25 bits per heavy atom. The molecule has 0 N–H and O–H groups in total. The molecule has 0 bridgehead atoms. The third-order valence-electron chi connectivity index (χ3n) is 4.38. The van der Waals surface area contributed by atoms with Crippen molar-refractivity contribution in [2.45, 2.75) is 12.3 Å². The summed E-state index contributed by atoms with van der Waals surface area (Å²) in [6.45, 7) is 0. The van der Waals surface area contributed by atoms with Crippen molar-refractivity contribution < 1.29 is 4.79 Å². The lowest BCUT2D eigenvalue weighted by Crippen LogP contribution is -2.34. The van der Waals surface area contributed by atoms with Gasteiger partial charge in [-0.3, -0.25) is 19.1 Å². The van der Waals surface area contributed by atoms with Crippen LogP contribution in [0.2, 0.25) is 0 Å². The van der Waals surface area contributed by atoms with Gasteiger partial charge in [0.05, 0.1) is 10.6 Å². The molecular formula is C19H16N2O2S. The maximum Gasteiger partial charge on any atom is 0.308 e. The molecule has 4 nitrogen and oxygen atoms in total. The van der Waals surface area contributed by atoms with Crippen LogP contribution >= 0.6 is 11.3 Å². The highest BCUT2D eigenvalue weighted by atomic mass is 32.1. The number of benzene rings is 2. The summed E-state index contributed by atoms with van der Waals surface area (Å²) in [7, 11) is 1.73. The molecule has 0 saturated heterocycles. The summed E-state index contributed by atoms with van der Waals surface area (Å²) in [4.78, 5) is 27.8. The van der Waals surface area contributed by atoms with Crippen molar-refractivity contribution >= 4 is 28.7 Å². The van der Waals surface area contributed by atoms with Gasteiger partial charge in [0.15, 0.2) is 0 Å². The number of fused-ring (bicyclic) bond motifs is 1. The molecule has 1 aliphatic heterocycles. The molecule has 1 atom stereocenters. The predicted octanol–water partition coefficient (Wildman–Crippen LogP) is 3.65. The van der Waals surface area contributed by atoms with Gasteiger partial charge in [0.1, 0.15) is 5.82 Å². The first-order chi connectivity index (χ1) is 11.7. The molecule has 24 heavy (non-hydrogen) atoms. The molecule has 0 radical (unpaired) electrons. The number of hydrogen-bond acceptors (Lipinski definition) is 3. The van der Waals surface area contributed by atoms with Crippen LogP contribution in [0.4, 0.5) is 11.5 Å². The van der Waals surface area contributed by atoms with E-state index in [-0.39, 0.29) is 16.7 Å². The highest BCUT2D eigenvalue weighted by molar-refractivity contribution is 7.10. The number of aromatic nitrogens is 1. The highest BCUT2D eigenvalue weighted by Gasteiger charge is 2.37. The molecule has 0 aliphatic carbocycles. The number of nitrogens with zero attached hydrogens (tertiary/aromatic N) is 2. The molecule has 0 fully saturated rings. The first-order valence-corrected chi connectivity index (χ1v) is 8.61. The lowest BCUT2D eigenvalue weighted by molar-refractivity contribution is -0.118. The Morgan fingerprint density at radius 2 is 1.58 bits per heavy atom. The first kappa shape index (κ1) is 14.9. The molecule has 5 heteroatoms. The zero-order valence-electron chi connectivity index (χ0n) is 13.2. The second-order valence-corrected chi connectivity index (χ2v) is 6.84. The first-order valence-electron chi connectivity index (χ1n) is 7.79. The maximum absolute atomic E-state index is 12.9. The number of carbonyl (C=O) groups excluding carboxylic acids is 1. The molecular weight excluding hydrogens is 320 g/mol. The van der Waals surface area contributed by atoms with E-state index in [2.05, 4.69) is 0 Å². The number of rotatable bonds is 2. The van der Waals surface area contributed by atoms with Crippen LogP contribution in [0.25, 0.3) is 0 Å². The predicted molar refractivity (Wildman–Crippen MR) is 96.1 cm³/mol. The lowest BCUT2D eigenvalue weighted by Gasteiger charge is -2.32. The molecule has 3 aromatic rings. The van der Waals surface area contributed by atoms with E-state index in [0.29, 0.717) is 12.2 Å². The van der Waals surface area contributed by atoms with E-state index in [1.54, 1.807) is 16.5 Å². The molecule has 120 valence electrons. The molecule has 1 aliphatic rings. The number of hydrogen-bond donors (Lipinski definition) is 0. The van der Waals surface area contributed by atoms with E-state index in [1.165, 1.54) is 11.3 Å². The molecule has 0 unspecified atom stereocenters. The Labute approximate surface area is 143 Å². The Hall–Kier alpha value is -2.66. The summed E-state index contributed by atoms with van der Waals surface area (Å²) in [6, 6.07) is 19.4. The van der Waals surface area contributed by atoms with E-state index in [4.69, 9.17) is 0 Å². The van der Waals surface area contributed by atoms with Gasteiger partial charge in [-0.1, -0.05) is 59.9 Å². The maximum atomic E-state index is 12.9. The Bertz CT molecular complexity index is 945. The van der Waals surface area contributed by atoms with E-state index in [1.807, 2.05) is 60.7 Å². The van der Waals surface area contributed by atoms with Crippen LogP contribution in [-0.2, 0) is 11.8 Å². The van der Waals surface area contributed by atoms with Crippen LogP contribution < -0.4 is 9.77 Å². The van der Waals surface area contributed by atoms with Gasteiger partial charge in [-0.2, -0.15) is 0 Å². The van der Waals surface area contributed by atoms with Crippen LogP contribution in [0.3, 0.4) is 0 Å². The van der Waals surface area contributed by atoms with E-state index >= 15 is 0 Å². The molecule has 2 aromatic carbocycles. The van der Waals surface area contributed by atoms with Gasteiger partial charge >= 0.3 is 4.87 Å². The Morgan fingerprint density at radius 1 is 0.958 bits per heavy atom. The molecule has 1 aromatic heterocycles. The molecule has 4 rings (SSSR count). The van der Waals surface area contributed by atoms with Gasteiger partial charge in [-0.25, -0.2) is 0 Å². The van der Waals surface area contributed by atoms with Crippen molar-refractivity contribution in [2.75, 3.05) is 4.90 Å². The summed E-state index contributed by atoms with van der Waals surface area (Å²) >= 11 is 1.23. The van der Waals surface area contributed by atoms with Crippen molar-refractivity contribution in [3.05, 3.63) is 80.8 Å². The van der Waals surface area contributed by atoms with E-state index in [0.717, 1.165) is 16.1 Å². The monoisotopic (exact) mass is 336 g/mol. The molecule has 2 heterocycles. The quantitative estimate of drug-likeness (QED) is 0.717. The normalized spacial score (nSPS) is 17.0. The number of carbonyl (C=O) groups is 1. The van der Waals surface area contributed by atoms with Crippen LogP contribution in [0, 0.1) is 0 Å². The topological polar surface area (TPSA) is 42.3 Å². The standard InChI is InChI=1S/C19H16N2O2S/c1-20-18-17(24-19(20)23)15(13-8-4-2-5-9-13)12-16(22)21(18)14-10-6-3-7-11-14/h2-11,15H,12H2,1H3/t15-/m1/s1. The molecule has 0 spiro atoms. The van der Waals surface area contributed by atoms with Gasteiger partial charge in [0, 0.05) is 19.4 Å². The summed E-state index contributed by atoms with van der Waals surface area (Å²) in [5, 5.41) is 0. The minimum Gasteiger partial charge on any atom is -0.288 e. The molecule has 0 saturated carbocycles. The largest absolute Gasteiger partial charge is 0.308 e. The third kappa shape index (κ3) is 2.29. The Kier molecular flexibility index (Phi) is 3.58. The summed E-state index contributed by atoms with van der Waals surface area (Å²) in [6.07, 6.45) is 0.367. The lowest BCUT2D eigenvalue weighted by atomic mass is 9.90. The minimum absolute atomic E-state index is 0.0101. The average Bonchev–Trinajstić information content (AvgIpc) is 2.91. The fourth-order valence-corrected chi connectivity index (χ4v) is 4.31. The van der Waals surface area contributed by atoms with Gasteiger partial charge < -0.3 is 0 Å². The van der Waals surface area contributed by atoms with Gasteiger partial charge in [-0.15, -0.1) is 0 Å². The van der Waals surface area contributed by atoms with Crippen molar-refractivity contribution in [2.24, 2.45) is 7.05 Å². The van der Waals surface area contributed by atoms with E-state index in [9.17, 15) is 9.59 Å². The minimum atomic E-state index is -0.0624. The van der Waals surface area contributed by atoms with Crippen molar-refractivity contribution in [3.63, 3.8) is 0 Å². The van der Waals surface area contributed by atoms with Crippen LogP contribution in [-0.4, -0.2) is 10.5 Å². The van der Waals surface area contributed by atoms with Gasteiger partial charge in [0.2, 0.25) is 5.91 Å². The highest BCUT2D eigenvalue weighted by Crippen LogP contribution is 2.44. The SMILES string of the molecule is Cn1c2c(sc1=O)[C@@H](c1ccccc1)CC(=O)N2c1ccccc1. The Balaban J connectivity index is 1.92. The van der Waals surface area contributed by atoms with Crippen molar-refractivity contribution in [3.8, 4) is 0 Å². The second kappa shape index (κ2) is 5.76. The van der Waals surface area contributed by atoms with Gasteiger partial charge in [-0.05, 0) is 17.7 Å². The summed E-state index contributed by atoms with van der Waals surface area (Å²) < 4.78 is 1.58. The van der Waals surface area contributed by atoms with Gasteiger partial charge in [0.25, 0.3) is 0 Å². The summed E-state index contributed by atoms with van der Waals surface area (Å²) in [5.41, 5.74) is 1.87. The van der Waals surface area contributed by atoms with Crippen LogP contribution in [0.1, 0.15) is 22.8 Å². The van der Waals surface area contributed by atoms with E-state index < -0.39 is 0 Å². The molecule has 1 amide bonds. The van der Waals surface area contributed by atoms with Crippen molar-refractivity contribution in [1.82, 2.24) is 4.57 Å². The summed E-state index contributed by atoms with van der Waals surface area (Å²) in [5.74, 6) is 0.643. The number of para-hydroxylation sites is 1. The fraction of sp³-hybridized carbons (Fsp3) is 0.158. The zero-order valence-corrected chi connectivity index (χ0v) is 14.0. The number of thiazole rings is 1. The second-order valence-electron chi connectivity index (χ2n) is 5.85. The third-order valence-corrected chi connectivity index (χ3v) is 5.52. The zero-order chi connectivity index (χ0) is 16.7.